The maximum Gasteiger partial charge on any atom is 0.291 e. The van der Waals surface area contributed by atoms with Gasteiger partial charge in [-0.2, -0.15) is 10.2 Å². The second-order valence-corrected chi connectivity index (χ2v) is 5.20. The standard InChI is InChI=1S/C15H12N4OS/c20-15(19-16-10-11-5-2-1-3-6-11)13-9-12(17-18-13)14-7-4-8-21-14/h1-10H,(H,17,18)(H,19,20)/b16-10-. The van der Waals surface area contributed by atoms with Crippen molar-refractivity contribution in [1.82, 2.24) is 15.6 Å². The molecule has 0 aliphatic heterocycles. The summed E-state index contributed by atoms with van der Waals surface area (Å²) >= 11 is 1.58. The molecule has 2 heterocycles. The Labute approximate surface area is 125 Å². The number of hydrazone groups is 1. The van der Waals surface area contributed by atoms with Gasteiger partial charge in [-0.25, -0.2) is 5.43 Å². The van der Waals surface area contributed by atoms with Crippen LogP contribution in [0.3, 0.4) is 0 Å². The number of aromatic amines is 1. The van der Waals surface area contributed by atoms with Crippen LogP contribution >= 0.6 is 11.3 Å². The first-order chi connectivity index (χ1) is 10.3. The third-order valence-corrected chi connectivity index (χ3v) is 3.68. The third kappa shape index (κ3) is 3.24. The minimum atomic E-state index is -0.346. The largest absolute Gasteiger partial charge is 0.291 e. The van der Waals surface area contributed by atoms with Crippen LogP contribution in [0.2, 0.25) is 0 Å². The molecule has 104 valence electrons. The van der Waals surface area contributed by atoms with Crippen LogP contribution < -0.4 is 5.43 Å². The molecule has 1 amide bonds. The van der Waals surface area contributed by atoms with Crippen LogP contribution in [0.25, 0.3) is 10.6 Å². The number of carbonyl (C=O) groups is 1. The number of nitrogens with one attached hydrogen (secondary N) is 2. The van der Waals surface area contributed by atoms with E-state index in [0.29, 0.717) is 5.69 Å². The number of hydrogen-bond donors (Lipinski definition) is 2. The van der Waals surface area contributed by atoms with E-state index in [9.17, 15) is 4.79 Å². The Hall–Kier alpha value is -2.73. The molecule has 0 atom stereocenters. The summed E-state index contributed by atoms with van der Waals surface area (Å²) in [7, 11) is 0. The predicted octanol–water partition coefficient (Wildman–Crippen LogP) is 2.90. The first kappa shape index (κ1) is 13.3. The highest BCUT2D eigenvalue weighted by molar-refractivity contribution is 7.13. The molecule has 0 aliphatic rings. The highest BCUT2D eigenvalue weighted by Gasteiger charge is 2.10. The smallest absolute Gasteiger partial charge is 0.276 e. The number of H-pyrrole nitrogens is 1. The van der Waals surface area contributed by atoms with Gasteiger partial charge in [0.2, 0.25) is 0 Å². The number of rotatable bonds is 4. The van der Waals surface area contributed by atoms with Gasteiger partial charge in [-0.1, -0.05) is 36.4 Å². The Morgan fingerprint density at radius 2 is 2.10 bits per heavy atom. The number of aromatic nitrogens is 2. The molecule has 6 heteroatoms. The molecule has 0 saturated heterocycles. The molecule has 3 rings (SSSR count). The Morgan fingerprint density at radius 1 is 1.24 bits per heavy atom. The molecular formula is C15H12N4OS. The van der Waals surface area contributed by atoms with Gasteiger partial charge in [0.05, 0.1) is 16.8 Å². The molecule has 5 nitrogen and oxygen atoms in total. The average Bonchev–Trinajstić information content (AvgIpc) is 3.19. The van der Waals surface area contributed by atoms with Crippen LogP contribution in [0.5, 0.6) is 0 Å². The Kier molecular flexibility index (Phi) is 3.88. The summed E-state index contributed by atoms with van der Waals surface area (Å²) in [6, 6.07) is 15.2. The fraction of sp³-hybridized carbons (Fsp3) is 0. The van der Waals surface area contributed by atoms with Crippen molar-refractivity contribution < 1.29 is 4.79 Å². The van der Waals surface area contributed by atoms with E-state index in [4.69, 9.17) is 0 Å². The molecule has 1 aromatic carbocycles. The topological polar surface area (TPSA) is 70.1 Å². The Balaban J connectivity index is 1.65. The van der Waals surface area contributed by atoms with Crippen LogP contribution in [0.15, 0.2) is 59.0 Å². The summed E-state index contributed by atoms with van der Waals surface area (Å²) in [6.07, 6.45) is 1.59. The van der Waals surface area contributed by atoms with E-state index in [1.165, 1.54) is 0 Å². The van der Waals surface area contributed by atoms with Gasteiger partial charge in [-0.3, -0.25) is 9.89 Å². The van der Waals surface area contributed by atoms with Crippen molar-refractivity contribution in [2.24, 2.45) is 5.10 Å². The van der Waals surface area contributed by atoms with Gasteiger partial charge in [-0.15, -0.1) is 11.3 Å². The lowest BCUT2D eigenvalue weighted by Crippen LogP contribution is -2.17. The fourth-order valence-corrected chi connectivity index (χ4v) is 2.45. The van der Waals surface area contributed by atoms with E-state index < -0.39 is 0 Å². The Bertz CT molecular complexity index is 747. The van der Waals surface area contributed by atoms with Crippen molar-refractivity contribution in [3.05, 3.63) is 65.2 Å². The number of hydrogen-bond acceptors (Lipinski definition) is 4. The summed E-state index contributed by atoms with van der Waals surface area (Å²) in [5.74, 6) is -0.346. The van der Waals surface area contributed by atoms with Crippen LogP contribution in [-0.4, -0.2) is 22.3 Å². The Morgan fingerprint density at radius 3 is 2.86 bits per heavy atom. The molecule has 2 aromatic heterocycles. The van der Waals surface area contributed by atoms with E-state index in [1.54, 1.807) is 23.6 Å². The fourth-order valence-electron chi connectivity index (χ4n) is 1.76. The second kappa shape index (κ2) is 6.15. The van der Waals surface area contributed by atoms with Gasteiger partial charge in [0.1, 0.15) is 0 Å². The molecule has 3 aromatic rings. The lowest BCUT2D eigenvalue weighted by Gasteiger charge is -1.94. The first-order valence-electron chi connectivity index (χ1n) is 6.31. The minimum absolute atomic E-state index is 0.309. The second-order valence-electron chi connectivity index (χ2n) is 4.25. The van der Waals surface area contributed by atoms with Crippen LogP contribution in [0.4, 0.5) is 0 Å². The predicted molar refractivity (Wildman–Crippen MR) is 83.4 cm³/mol. The third-order valence-electron chi connectivity index (χ3n) is 2.78. The summed E-state index contributed by atoms with van der Waals surface area (Å²) in [6.45, 7) is 0. The lowest BCUT2D eigenvalue weighted by molar-refractivity contribution is 0.0950. The zero-order valence-corrected chi connectivity index (χ0v) is 11.8. The van der Waals surface area contributed by atoms with Crippen molar-refractivity contribution >= 4 is 23.5 Å². The normalized spacial score (nSPS) is 10.9. The van der Waals surface area contributed by atoms with Crippen molar-refractivity contribution in [2.45, 2.75) is 0 Å². The van der Waals surface area contributed by atoms with E-state index in [0.717, 1.165) is 16.1 Å². The number of nitrogens with zero attached hydrogens (tertiary/aromatic N) is 2. The molecule has 0 aliphatic carbocycles. The van der Waals surface area contributed by atoms with E-state index in [1.807, 2.05) is 47.8 Å². The number of thiophene rings is 1. The van der Waals surface area contributed by atoms with E-state index in [2.05, 4.69) is 20.7 Å². The molecule has 0 fully saturated rings. The van der Waals surface area contributed by atoms with Gasteiger partial charge in [-0.05, 0) is 23.1 Å². The number of amides is 1. The van der Waals surface area contributed by atoms with Crippen molar-refractivity contribution in [1.29, 1.82) is 0 Å². The average molecular weight is 296 g/mol. The SMILES string of the molecule is O=C(N/N=C\c1ccccc1)c1cc(-c2cccs2)[nH]n1. The van der Waals surface area contributed by atoms with E-state index in [-0.39, 0.29) is 5.91 Å². The number of benzene rings is 1. The van der Waals surface area contributed by atoms with Crippen LogP contribution in [0.1, 0.15) is 16.1 Å². The lowest BCUT2D eigenvalue weighted by atomic mass is 10.2. The molecule has 0 bridgehead atoms. The van der Waals surface area contributed by atoms with Gasteiger partial charge >= 0.3 is 0 Å². The van der Waals surface area contributed by atoms with Crippen LogP contribution in [0, 0.1) is 0 Å². The summed E-state index contributed by atoms with van der Waals surface area (Å²) < 4.78 is 0. The summed E-state index contributed by atoms with van der Waals surface area (Å²) in [5.41, 5.74) is 4.50. The van der Waals surface area contributed by atoms with Crippen molar-refractivity contribution in [3.63, 3.8) is 0 Å². The summed E-state index contributed by atoms with van der Waals surface area (Å²) in [5, 5.41) is 12.7. The maximum atomic E-state index is 11.9. The molecule has 0 saturated carbocycles. The molecule has 0 unspecified atom stereocenters. The van der Waals surface area contributed by atoms with Crippen LogP contribution in [-0.2, 0) is 0 Å². The molecular weight excluding hydrogens is 284 g/mol. The van der Waals surface area contributed by atoms with Gasteiger partial charge < -0.3 is 0 Å². The molecule has 0 spiro atoms. The highest BCUT2D eigenvalue weighted by Crippen LogP contribution is 2.22. The van der Waals surface area contributed by atoms with Gasteiger partial charge in [0.25, 0.3) is 5.91 Å². The first-order valence-corrected chi connectivity index (χ1v) is 7.18. The zero-order chi connectivity index (χ0) is 14.5. The van der Waals surface area contributed by atoms with Crippen molar-refractivity contribution in [3.8, 4) is 10.6 Å². The molecule has 21 heavy (non-hydrogen) atoms. The molecule has 0 radical (unpaired) electrons. The molecule has 2 N–H and O–H groups in total. The van der Waals surface area contributed by atoms with Crippen molar-refractivity contribution in [2.75, 3.05) is 0 Å². The minimum Gasteiger partial charge on any atom is -0.276 e. The number of carbonyl (C=O) groups excluding carboxylic acids is 1. The maximum absolute atomic E-state index is 11.9. The van der Waals surface area contributed by atoms with E-state index >= 15 is 0 Å². The highest BCUT2D eigenvalue weighted by atomic mass is 32.1. The quantitative estimate of drug-likeness (QED) is 0.574. The monoisotopic (exact) mass is 296 g/mol. The van der Waals surface area contributed by atoms with Gasteiger partial charge in [0.15, 0.2) is 5.69 Å². The van der Waals surface area contributed by atoms with Gasteiger partial charge in [0, 0.05) is 0 Å². The zero-order valence-electron chi connectivity index (χ0n) is 11.0. The summed E-state index contributed by atoms with van der Waals surface area (Å²) in [4.78, 5) is 13.0.